The van der Waals surface area contributed by atoms with Gasteiger partial charge in [-0.05, 0) is 34.5 Å². The second-order valence-corrected chi connectivity index (χ2v) is 5.21. The number of hydrogen-bond donors (Lipinski definition) is 1. The summed E-state index contributed by atoms with van der Waals surface area (Å²) in [5.74, 6) is 0.864. The Hall–Kier alpha value is -1.81. The minimum absolute atomic E-state index is 0.864. The van der Waals surface area contributed by atoms with Crippen molar-refractivity contribution in [3.8, 4) is 16.9 Å². The van der Waals surface area contributed by atoms with Crippen LogP contribution in [0.15, 0.2) is 41.1 Å². The van der Waals surface area contributed by atoms with Gasteiger partial charge in [0, 0.05) is 33.4 Å². The fraction of sp³-hybridized carbons (Fsp3) is 0.133. The molecule has 0 aliphatic heterocycles. The van der Waals surface area contributed by atoms with E-state index in [1.807, 2.05) is 30.6 Å². The number of halogens is 1. The highest BCUT2D eigenvalue weighted by molar-refractivity contribution is 9.10. The Morgan fingerprint density at radius 2 is 2.00 bits per heavy atom. The zero-order valence-corrected chi connectivity index (χ0v) is 12.3. The van der Waals surface area contributed by atoms with Gasteiger partial charge in [-0.2, -0.15) is 0 Å². The molecule has 0 fully saturated rings. The quantitative estimate of drug-likeness (QED) is 0.765. The fourth-order valence-electron chi connectivity index (χ4n) is 2.31. The number of aromatic amines is 1. The Morgan fingerprint density at radius 1 is 1.21 bits per heavy atom. The van der Waals surface area contributed by atoms with E-state index in [-0.39, 0.29) is 0 Å². The number of nitrogens with one attached hydrogen (secondary N) is 1. The molecule has 2 heterocycles. The maximum absolute atomic E-state index is 5.44. The predicted molar refractivity (Wildman–Crippen MR) is 80.5 cm³/mol. The summed E-state index contributed by atoms with van der Waals surface area (Å²) in [7, 11) is 1.69. The van der Waals surface area contributed by atoms with E-state index in [1.54, 1.807) is 7.11 Å². The number of H-pyrrole nitrogens is 1. The van der Waals surface area contributed by atoms with Crippen LogP contribution in [0.1, 0.15) is 5.56 Å². The van der Waals surface area contributed by atoms with Crippen LogP contribution in [-0.4, -0.2) is 17.1 Å². The Bertz CT molecular complexity index is 749. The number of rotatable bonds is 2. The van der Waals surface area contributed by atoms with E-state index < -0.39 is 0 Å². The van der Waals surface area contributed by atoms with Crippen LogP contribution in [0.3, 0.4) is 0 Å². The Balaban J connectivity index is 2.34. The number of para-hydroxylation sites is 1. The number of ether oxygens (including phenoxy) is 1. The summed E-state index contributed by atoms with van der Waals surface area (Å²) in [5, 5.41) is 1.12. The zero-order chi connectivity index (χ0) is 13.4. The minimum Gasteiger partial charge on any atom is -0.496 e. The van der Waals surface area contributed by atoms with E-state index in [9.17, 15) is 0 Å². The third kappa shape index (κ3) is 1.92. The Morgan fingerprint density at radius 3 is 2.79 bits per heavy atom. The van der Waals surface area contributed by atoms with Crippen LogP contribution in [-0.2, 0) is 0 Å². The molecule has 0 bridgehead atoms. The topological polar surface area (TPSA) is 37.9 Å². The molecule has 0 amide bonds. The Labute approximate surface area is 119 Å². The number of aromatic nitrogens is 2. The van der Waals surface area contributed by atoms with Crippen LogP contribution in [0.25, 0.3) is 22.2 Å². The van der Waals surface area contributed by atoms with Crippen LogP contribution in [0.4, 0.5) is 0 Å². The Kier molecular flexibility index (Phi) is 3.03. The molecule has 19 heavy (non-hydrogen) atoms. The smallest absolute Gasteiger partial charge is 0.138 e. The van der Waals surface area contributed by atoms with Crippen molar-refractivity contribution in [3.05, 3.63) is 46.7 Å². The van der Waals surface area contributed by atoms with Crippen molar-refractivity contribution in [2.75, 3.05) is 7.11 Å². The van der Waals surface area contributed by atoms with Gasteiger partial charge < -0.3 is 9.72 Å². The molecule has 96 valence electrons. The van der Waals surface area contributed by atoms with Gasteiger partial charge in [-0.1, -0.05) is 18.2 Å². The third-order valence-corrected chi connectivity index (χ3v) is 4.10. The van der Waals surface area contributed by atoms with Crippen molar-refractivity contribution in [1.29, 1.82) is 0 Å². The van der Waals surface area contributed by atoms with E-state index in [4.69, 9.17) is 4.74 Å². The molecule has 2 aromatic heterocycles. The van der Waals surface area contributed by atoms with Crippen molar-refractivity contribution in [2.45, 2.75) is 6.92 Å². The first-order valence-electron chi connectivity index (χ1n) is 5.98. The fourth-order valence-corrected chi connectivity index (χ4v) is 2.61. The van der Waals surface area contributed by atoms with Gasteiger partial charge in [0.2, 0.25) is 0 Å². The highest BCUT2D eigenvalue weighted by atomic mass is 79.9. The molecule has 0 atom stereocenters. The standard InChI is InChI=1S/C15H13BrN2O/c1-9-12(16)8-18-15-14(9)11(7-17-15)10-5-3-4-6-13(10)19-2/h3-8H,1-2H3,(H,17,18). The molecular weight excluding hydrogens is 304 g/mol. The van der Waals surface area contributed by atoms with Gasteiger partial charge in [-0.3, -0.25) is 0 Å². The van der Waals surface area contributed by atoms with E-state index in [0.29, 0.717) is 0 Å². The molecule has 3 aromatic rings. The van der Waals surface area contributed by atoms with Crippen LogP contribution in [0.2, 0.25) is 0 Å². The molecule has 0 saturated carbocycles. The van der Waals surface area contributed by atoms with E-state index in [1.165, 1.54) is 5.56 Å². The summed E-state index contributed by atoms with van der Waals surface area (Å²) in [6.45, 7) is 2.08. The first-order chi connectivity index (χ1) is 9.22. The monoisotopic (exact) mass is 316 g/mol. The molecule has 0 spiro atoms. The van der Waals surface area contributed by atoms with Crippen molar-refractivity contribution in [3.63, 3.8) is 0 Å². The number of nitrogens with zero attached hydrogens (tertiary/aromatic N) is 1. The summed E-state index contributed by atoms with van der Waals surface area (Å²) in [5.41, 5.74) is 4.24. The first kappa shape index (κ1) is 12.2. The third-order valence-electron chi connectivity index (χ3n) is 3.30. The summed E-state index contributed by atoms with van der Waals surface area (Å²) in [6, 6.07) is 8.01. The molecule has 1 aromatic carbocycles. The minimum atomic E-state index is 0.864. The van der Waals surface area contributed by atoms with Gasteiger partial charge in [0.25, 0.3) is 0 Å². The van der Waals surface area contributed by atoms with Crippen molar-refractivity contribution in [2.24, 2.45) is 0 Å². The van der Waals surface area contributed by atoms with E-state index >= 15 is 0 Å². The molecule has 0 saturated heterocycles. The van der Waals surface area contributed by atoms with Gasteiger partial charge in [0.1, 0.15) is 11.4 Å². The molecule has 0 aliphatic carbocycles. The number of pyridine rings is 1. The lowest BCUT2D eigenvalue weighted by molar-refractivity contribution is 0.416. The van der Waals surface area contributed by atoms with Crippen molar-refractivity contribution < 1.29 is 4.74 Å². The average Bonchev–Trinajstić information content (AvgIpc) is 2.87. The lowest BCUT2D eigenvalue weighted by Gasteiger charge is -2.08. The predicted octanol–water partition coefficient (Wildman–Crippen LogP) is 4.31. The number of aryl methyl sites for hydroxylation is 1. The first-order valence-corrected chi connectivity index (χ1v) is 6.77. The highest BCUT2D eigenvalue weighted by Crippen LogP contribution is 2.37. The second-order valence-electron chi connectivity index (χ2n) is 4.36. The average molecular weight is 317 g/mol. The summed E-state index contributed by atoms with van der Waals surface area (Å²) in [4.78, 5) is 7.62. The summed E-state index contributed by atoms with van der Waals surface area (Å²) >= 11 is 3.54. The molecule has 4 heteroatoms. The number of benzene rings is 1. The van der Waals surface area contributed by atoms with Crippen LogP contribution >= 0.6 is 15.9 Å². The zero-order valence-electron chi connectivity index (χ0n) is 10.7. The van der Waals surface area contributed by atoms with Gasteiger partial charge in [-0.15, -0.1) is 0 Å². The second kappa shape index (κ2) is 4.70. The van der Waals surface area contributed by atoms with Crippen molar-refractivity contribution >= 4 is 27.0 Å². The molecule has 3 nitrogen and oxygen atoms in total. The van der Waals surface area contributed by atoms with E-state index in [0.717, 1.165) is 32.4 Å². The van der Waals surface area contributed by atoms with Crippen LogP contribution in [0.5, 0.6) is 5.75 Å². The summed E-state index contributed by atoms with van der Waals surface area (Å²) in [6.07, 6.45) is 3.80. The molecule has 3 rings (SSSR count). The van der Waals surface area contributed by atoms with Gasteiger partial charge in [0.05, 0.1) is 7.11 Å². The molecule has 1 N–H and O–H groups in total. The lowest BCUT2D eigenvalue weighted by Crippen LogP contribution is -1.88. The molecule has 0 radical (unpaired) electrons. The maximum atomic E-state index is 5.44. The van der Waals surface area contributed by atoms with Crippen LogP contribution in [0, 0.1) is 6.92 Å². The van der Waals surface area contributed by atoms with Gasteiger partial charge >= 0.3 is 0 Å². The molecule has 0 unspecified atom stereocenters. The SMILES string of the molecule is COc1ccccc1-c1c[nH]c2ncc(Br)c(C)c12. The number of fused-ring (bicyclic) bond motifs is 1. The lowest BCUT2D eigenvalue weighted by atomic mass is 10.0. The van der Waals surface area contributed by atoms with Crippen LogP contribution < -0.4 is 4.74 Å². The normalized spacial score (nSPS) is 10.9. The van der Waals surface area contributed by atoms with E-state index in [2.05, 4.69) is 38.9 Å². The van der Waals surface area contributed by atoms with Gasteiger partial charge in [-0.25, -0.2) is 4.98 Å². The number of hydrogen-bond acceptors (Lipinski definition) is 2. The molecule has 0 aliphatic rings. The molecular formula is C15H13BrN2O. The maximum Gasteiger partial charge on any atom is 0.138 e. The van der Waals surface area contributed by atoms with Gasteiger partial charge in [0.15, 0.2) is 0 Å². The number of methoxy groups -OCH3 is 1. The highest BCUT2D eigenvalue weighted by Gasteiger charge is 2.14. The van der Waals surface area contributed by atoms with Crippen molar-refractivity contribution in [1.82, 2.24) is 9.97 Å². The summed E-state index contributed by atoms with van der Waals surface area (Å²) < 4.78 is 6.45. The largest absolute Gasteiger partial charge is 0.496 e.